The van der Waals surface area contributed by atoms with Gasteiger partial charge in [0.1, 0.15) is 0 Å². The number of hydrogen-bond donors (Lipinski definition) is 1. The zero-order valence-corrected chi connectivity index (χ0v) is 10.2. The van der Waals surface area contributed by atoms with E-state index < -0.39 is 6.09 Å². The molecule has 0 saturated carbocycles. The Morgan fingerprint density at radius 2 is 2.21 bits per heavy atom. The third kappa shape index (κ3) is 3.95. The van der Waals surface area contributed by atoms with E-state index in [0.717, 1.165) is 9.26 Å². The monoisotopic (exact) mass is 305 g/mol. The molecule has 0 aromatic heterocycles. The van der Waals surface area contributed by atoms with E-state index in [1.54, 1.807) is 0 Å². The maximum Gasteiger partial charge on any atom is 0.411 e. The van der Waals surface area contributed by atoms with Gasteiger partial charge in [-0.3, -0.25) is 5.32 Å². The first-order valence-corrected chi connectivity index (χ1v) is 5.39. The molecule has 0 aliphatic heterocycles. The average molecular weight is 305 g/mol. The molecule has 1 aromatic rings. The van der Waals surface area contributed by atoms with Gasteiger partial charge in [-0.25, -0.2) is 4.79 Å². The maximum absolute atomic E-state index is 11.2. The normalized spacial score (nSPS) is 10.0. The second-order valence-electron chi connectivity index (χ2n) is 3.09. The lowest BCUT2D eigenvalue weighted by Gasteiger charge is -2.09. The number of carbonyl (C=O) groups excluding carboxylic acids is 1. The van der Waals surface area contributed by atoms with Crippen LogP contribution < -0.4 is 5.32 Å². The SMILES string of the molecule is CC(C)OC(=O)Nc1cccc(I)c1. The third-order valence-electron chi connectivity index (χ3n) is 1.41. The summed E-state index contributed by atoms with van der Waals surface area (Å²) in [7, 11) is 0. The van der Waals surface area contributed by atoms with E-state index in [0.29, 0.717) is 0 Å². The molecule has 0 saturated heterocycles. The van der Waals surface area contributed by atoms with E-state index in [2.05, 4.69) is 27.9 Å². The van der Waals surface area contributed by atoms with Crippen molar-refractivity contribution in [3.8, 4) is 0 Å². The van der Waals surface area contributed by atoms with Crippen molar-refractivity contribution in [2.75, 3.05) is 5.32 Å². The average Bonchev–Trinajstić information content (AvgIpc) is 2.01. The maximum atomic E-state index is 11.2. The van der Waals surface area contributed by atoms with Gasteiger partial charge in [-0.15, -0.1) is 0 Å². The highest BCUT2D eigenvalue weighted by Gasteiger charge is 2.04. The van der Waals surface area contributed by atoms with E-state index >= 15 is 0 Å². The Balaban J connectivity index is 2.56. The van der Waals surface area contributed by atoms with E-state index in [1.807, 2.05) is 38.1 Å². The molecule has 0 radical (unpaired) electrons. The summed E-state index contributed by atoms with van der Waals surface area (Å²) in [5, 5.41) is 2.65. The van der Waals surface area contributed by atoms with Crippen molar-refractivity contribution in [2.45, 2.75) is 20.0 Å². The molecule has 3 nitrogen and oxygen atoms in total. The Morgan fingerprint density at radius 3 is 2.79 bits per heavy atom. The Hall–Kier alpha value is -0.780. The van der Waals surface area contributed by atoms with Gasteiger partial charge in [0.25, 0.3) is 0 Å². The van der Waals surface area contributed by atoms with Gasteiger partial charge in [0.05, 0.1) is 6.10 Å². The van der Waals surface area contributed by atoms with E-state index in [-0.39, 0.29) is 6.10 Å². The third-order valence-corrected chi connectivity index (χ3v) is 2.08. The molecule has 0 aliphatic carbocycles. The van der Waals surface area contributed by atoms with Crippen LogP contribution in [0.25, 0.3) is 0 Å². The Labute approximate surface area is 97.0 Å². The van der Waals surface area contributed by atoms with Crippen LogP contribution in [0.2, 0.25) is 0 Å². The molecule has 0 bridgehead atoms. The molecule has 0 atom stereocenters. The minimum Gasteiger partial charge on any atom is -0.447 e. The van der Waals surface area contributed by atoms with Crippen molar-refractivity contribution in [2.24, 2.45) is 0 Å². The fourth-order valence-corrected chi connectivity index (χ4v) is 1.47. The molecule has 0 aliphatic rings. The van der Waals surface area contributed by atoms with Gasteiger partial charge in [-0.1, -0.05) is 6.07 Å². The summed E-state index contributed by atoms with van der Waals surface area (Å²) in [6, 6.07) is 7.54. The van der Waals surface area contributed by atoms with Gasteiger partial charge in [0, 0.05) is 9.26 Å². The fraction of sp³-hybridized carbons (Fsp3) is 0.300. The highest BCUT2D eigenvalue weighted by Crippen LogP contribution is 2.12. The molecule has 14 heavy (non-hydrogen) atoms. The first-order chi connectivity index (χ1) is 6.58. The van der Waals surface area contributed by atoms with Crippen LogP contribution in [-0.4, -0.2) is 12.2 Å². The number of amides is 1. The Kier molecular flexibility index (Phi) is 4.19. The second-order valence-corrected chi connectivity index (χ2v) is 4.34. The summed E-state index contributed by atoms with van der Waals surface area (Å²) in [4.78, 5) is 11.2. The molecule has 1 aromatic carbocycles. The summed E-state index contributed by atoms with van der Waals surface area (Å²) < 4.78 is 6.02. The highest BCUT2D eigenvalue weighted by molar-refractivity contribution is 14.1. The smallest absolute Gasteiger partial charge is 0.411 e. The molecule has 0 unspecified atom stereocenters. The van der Waals surface area contributed by atoms with E-state index in [1.165, 1.54) is 0 Å². The van der Waals surface area contributed by atoms with Gasteiger partial charge in [-0.2, -0.15) is 0 Å². The van der Waals surface area contributed by atoms with E-state index in [9.17, 15) is 4.79 Å². The van der Waals surface area contributed by atoms with Crippen LogP contribution in [-0.2, 0) is 4.74 Å². The number of nitrogens with one attached hydrogen (secondary N) is 1. The molecular formula is C10H12INO2. The minimum atomic E-state index is -0.415. The molecule has 4 heteroatoms. The Morgan fingerprint density at radius 1 is 1.50 bits per heavy atom. The molecule has 0 heterocycles. The molecular weight excluding hydrogens is 293 g/mol. The second kappa shape index (κ2) is 5.19. The zero-order valence-electron chi connectivity index (χ0n) is 8.08. The van der Waals surface area contributed by atoms with Crippen LogP contribution in [0.15, 0.2) is 24.3 Å². The van der Waals surface area contributed by atoms with Crippen molar-refractivity contribution in [1.29, 1.82) is 0 Å². The van der Waals surface area contributed by atoms with Crippen molar-refractivity contribution in [1.82, 2.24) is 0 Å². The lowest BCUT2D eigenvalue weighted by atomic mass is 10.3. The van der Waals surface area contributed by atoms with Crippen molar-refractivity contribution in [3.63, 3.8) is 0 Å². The quantitative estimate of drug-likeness (QED) is 0.852. The number of rotatable bonds is 2. The largest absolute Gasteiger partial charge is 0.447 e. The number of benzene rings is 1. The molecule has 1 amide bonds. The summed E-state index contributed by atoms with van der Waals surface area (Å²) in [6.07, 6.45) is -0.514. The summed E-state index contributed by atoms with van der Waals surface area (Å²) in [5.41, 5.74) is 0.752. The number of halogens is 1. The highest BCUT2D eigenvalue weighted by atomic mass is 127. The summed E-state index contributed by atoms with van der Waals surface area (Å²) in [6.45, 7) is 3.63. The van der Waals surface area contributed by atoms with Crippen LogP contribution in [0.4, 0.5) is 10.5 Å². The fourth-order valence-electron chi connectivity index (χ4n) is 0.928. The summed E-state index contributed by atoms with van der Waals surface area (Å²) >= 11 is 2.19. The first kappa shape index (κ1) is 11.3. The van der Waals surface area contributed by atoms with Gasteiger partial charge < -0.3 is 4.74 Å². The predicted molar refractivity (Wildman–Crippen MR) is 64.4 cm³/mol. The van der Waals surface area contributed by atoms with Crippen LogP contribution in [0.1, 0.15) is 13.8 Å². The zero-order chi connectivity index (χ0) is 10.6. The standard InChI is InChI=1S/C10H12INO2/c1-7(2)14-10(13)12-9-5-3-4-8(11)6-9/h3-7H,1-2H3,(H,12,13). The van der Waals surface area contributed by atoms with Crippen molar-refractivity contribution >= 4 is 34.4 Å². The molecule has 76 valence electrons. The number of carbonyl (C=O) groups is 1. The lowest BCUT2D eigenvalue weighted by Crippen LogP contribution is -2.17. The van der Waals surface area contributed by atoms with Crippen molar-refractivity contribution in [3.05, 3.63) is 27.8 Å². The molecule has 1 N–H and O–H groups in total. The topological polar surface area (TPSA) is 38.3 Å². The van der Waals surface area contributed by atoms with Gasteiger partial charge in [-0.05, 0) is 54.6 Å². The van der Waals surface area contributed by atoms with Gasteiger partial charge in [0.2, 0.25) is 0 Å². The summed E-state index contributed by atoms with van der Waals surface area (Å²) in [5.74, 6) is 0. The predicted octanol–water partition coefficient (Wildman–Crippen LogP) is 3.25. The van der Waals surface area contributed by atoms with Crippen LogP contribution in [0.3, 0.4) is 0 Å². The number of ether oxygens (including phenoxy) is 1. The molecule has 0 spiro atoms. The Bertz CT molecular complexity index is 326. The van der Waals surface area contributed by atoms with Crippen molar-refractivity contribution < 1.29 is 9.53 Å². The van der Waals surface area contributed by atoms with Crippen LogP contribution in [0, 0.1) is 3.57 Å². The van der Waals surface area contributed by atoms with Gasteiger partial charge >= 0.3 is 6.09 Å². The minimum absolute atomic E-state index is 0.0993. The van der Waals surface area contributed by atoms with Gasteiger partial charge in [0.15, 0.2) is 0 Å². The van der Waals surface area contributed by atoms with Crippen LogP contribution in [0.5, 0.6) is 0 Å². The van der Waals surface area contributed by atoms with E-state index in [4.69, 9.17) is 4.74 Å². The lowest BCUT2D eigenvalue weighted by molar-refractivity contribution is 0.130. The number of hydrogen-bond acceptors (Lipinski definition) is 2. The first-order valence-electron chi connectivity index (χ1n) is 4.31. The number of anilines is 1. The molecule has 0 fully saturated rings. The molecule has 1 rings (SSSR count). The van der Waals surface area contributed by atoms with Crippen LogP contribution >= 0.6 is 22.6 Å².